The van der Waals surface area contributed by atoms with Gasteiger partial charge in [-0.05, 0) is 40.1 Å². The van der Waals surface area contributed by atoms with E-state index < -0.39 is 5.97 Å². The number of carboxylic acid groups (broad SMARTS) is 1. The molecule has 6 nitrogen and oxygen atoms in total. The molecule has 1 unspecified atom stereocenters. The van der Waals surface area contributed by atoms with Gasteiger partial charge in [-0.1, -0.05) is 0 Å². The lowest BCUT2D eigenvalue weighted by molar-refractivity contribution is 0.0679. The fraction of sp³-hybridized carbons (Fsp3) is 0.500. The van der Waals surface area contributed by atoms with Crippen LogP contribution in [0.3, 0.4) is 0 Å². The van der Waals surface area contributed by atoms with Gasteiger partial charge < -0.3 is 14.9 Å². The van der Waals surface area contributed by atoms with Gasteiger partial charge in [-0.3, -0.25) is 4.79 Å². The van der Waals surface area contributed by atoms with Crippen LogP contribution in [0.15, 0.2) is 18.3 Å². The van der Waals surface area contributed by atoms with Crippen molar-refractivity contribution in [3.8, 4) is 0 Å². The van der Waals surface area contributed by atoms with Gasteiger partial charge in [0.1, 0.15) is 5.69 Å². The Balaban J connectivity index is 2.96. The Labute approximate surface area is 119 Å². The van der Waals surface area contributed by atoms with E-state index in [9.17, 15) is 9.59 Å². The first-order valence-electron chi connectivity index (χ1n) is 6.51. The Morgan fingerprint density at radius 1 is 1.40 bits per heavy atom. The number of pyridine rings is 1. The molecule has 1 aromatic heterocycles. The molecule has 6 heteroatoms. The minimum atomic E-state index is -1.14. The number of likely N-dealkylation sites (N-methyl/N-ethyl adjacent to an activating group) is 2. The van der Waals surface area contributed by atoms with Crippen molar-refractivity contribution < 1.29 is 14.7 Å². The average Bonchev–Trinajstić information content (AvgIpc) is 2.38. The molecule has 0 saturated heterocycles. The Hall–Kier alpha value is -1.95. The number of aromatic nitrogens is 1. The van der Waals surface area contributed by atoms with Crippen LogP contribution in [0.5, 0.6) is 0 Å². The largest absolute Gasteiger partial charge is 0.477 e. The van der Waals surface area contributed by atoms with E-state index in [1.807, 2.05) is 32.8 Å². The van der Waals surface area contributed by atoms with Crippen molar-refractivity contribution in [3.63, 3.8) is 0 Å². The van der Waals surface area contributed by atoms with Gasteiger partial charge in [-0.2, -0.15) is 0 Å². The second kappa shape index (κ2) is 7.00. The molecule has 1 aromatic rings. The summed E-state index contributed by atoms with van der Waals surface area (Å²) in [6.45, 7) is 5.19. The minimum absolute atomic E-state index is 0.0453. The molecule has 0 aromatic carbocycles. The van der Waals surface area contributed by atoms with Crippen LogP contribution in [-0.4, -0.2) is 65.0 Å². The lowest BCUT2D eigenvalue weighted by Crippen LogP contribution is -2.43. The summed E-state index contributed by atoms with van der Waals surface area (Å²) in [5.74, 6) is -1.31. The van der Waals surface area contributed by atoms with Crippen molar-refractivity contribution in [3.05, 3.63) is 29.6 Å². The summed E-state index contributed by atoms with van der Waals surface area (Å²) in [7, 11) is 3.90. The van der Waals surface area contributed by atoms with E-state index in [0.29, 0.717) is 12.1 Å². The first kappa shape index (κ1) is 16.1. The van der Waals surface area contributed by atoms with Crippen LogP contribution in [0.2, 0.25) is 0 Å². The lowest BCUT2D eigenvalue weighted by atomic mass is 10.1. The summed E-state index contributed by atoms with van der Waals surface area (Å²) in [6, 6.07) is 2.90. The number of hydrogen-bond acceptors (Lipinski definition) is 4. The molecule has 0 fully saturated rings. The maximum absolute atomic E-state index is 12.5. The number of amides is 1. The smallest absolute Gasteiger partial charge is 0.354 e. The van der Waals surface area contributed by atoms with E-state index in [2.05, 4.69) is 4.98 Å². The predicted octanol–water partition coefficient (Wildman–Crippen LogP) is 1.19. The summed E-state index contributed by atoms with van der Waals surface area (Å²) >= 11 is 0. The Morgan fingerprint density at radius 3 is 2.55 bits per heavy atom. The van der Waals surface area contributed by atoms with Gasteiger partial charge in [0.2, 0.25) is 0 Å². The Morgan fingerprint density at radius 2 is 2.05 bits per heavy atom. The molecular formula is C14H21N3O3. The van der Waals surface area contributed by atoms with Crippen molar-refractivity contribution in [2.24, 2.45) is 0 Å². The summed E-state index contributed by atoms with van der Waals surface area (Å²) in [5.41, 5.74) is 0.233. The third kappa shape index (κ3) is 4.03. The molecule has 0 aliphatic carbocycles. The normalized spacial score (nSPS) is 12.2. The van der Waals surface area contributed by atoms with Crippen LogP contribution in [0, 0.1) is 0 Å². The highest BCUT2D eigenvalue weighted by Gasteiger charge is 2.21. The fourth-order valence-corrected chi connectivity index (χ4v) is 2.13. The fourth-order valence-electron chi connectivity index (χ4n) is 2.13. The predicted molar refractivity (Wildman–Crippen MR) is 75.9 cm³/mol. The van der Waals surface area contributed by atoms with Gasteiger partial charge in [-0.15, -0.1) is 0 Å². The highest BCUT2D eigenvalue weighted by Crippen LogP contribution is 2.10. The number of rotatable bonds is 6. The first-order chi connectivity index (χ1) is 9.36. The molecule has 1 rings (SSSR count). The lowest BCUT2D eigenvalue weighted by Gasteiger charge is -2.30. The van der Waals surface area contributed by atoms with E-state index >= 15 is 0 Å². The van der Waals surface area contributed by atoms with E-state index in [1.165, 1.54) is 12.3 Å². The molecule has 110 valence electrons. The maximum Gasteiger partial charge on any atom is 0.354 e. The number of carbonyl (C=O) groups excluding carboxylic acids is 1. The molecule has 1 atom stereocenters. The molecule has 1 amide bonds. The summed E-state index contributed by atoms with van der Waals surface area (Å²) in [6.07, 6.45) is 1.35. The van der Waals surface area contributed by atoms with Gasteiger partial charge in [0, 0.05) is 30.9 Å². The van der Waals surface area contributed by atoms with Crippen molar-refractivity contribution in [1.29, 1.82) is 0 Å². The highest BCUT2D eigenvalue weighted by atomic mass is 16.4. The van der Waals surface area contributed by atoms with E-state index in [4.69, 9.17) is 5.11 Å². The Bertz CT molecular complexity index is 488. The second-order valence-electron chi connectivity index (χ2n) is 4.94. The molecule has 0 radical (unpaired) electrons. The van der Waals surface area contributed by atoms with Gasteiger partial charge in [0.25, 0.3) is 5.91 Å². The number of hydrogen-bond donors (Lipinski definition) is 1. The second-order valence-corrected chi connectivity index (χ2v) is 4.94. The molecule has 20 heavy (non-hydrogen) atoms. The molecule has 0 bridgehead atoms. The first-order valence-corrected chi connectivity index (χ1v) is 6.51. The monoisotopic (exact) mass is 279 g/mol. The van der Waals surface area contributed by atoms with Gasteiger partial charge in [0.15, 0.2) is 0 Å². The summed E-state index contributed by atoms with van der Waals surface area (Å²) < 4.78 is 0. The maximum atomic E-state index is 12.5. The quantitative estimate of drug-likeness (QED) is 0.846. The van der Waals surface area contributed by atoms with Crippen molar-refractivity contribution in [2.75, 3.05) is 27.2 Å². The molecule has 0 aliphatic rings. The molecule has 0 aliphatic heterocycles. The summed E-state index contributed by atoms with van der Waals surface area (Å²) in [5, 5.41) is 8.92. The van der Waals surface area contributed by atoms with Gasteiger partial charge in [0.05, 0.1) is 0 Å². The van der Waals surface area contributed by atoms with E-state index in [1.54, 1.807) is 11.0 Å². The Kier molecular flexibility index (Phi) is 5.64. The standard InChI is InChI=1S/C14H21N3O3/c1-5-17(10(2)9-16(3)4)13(18)11-6-7-15-12(8-11)14(19)20/h6-8,10H,5,9H2,1-4H3,(H,19,20). The molecule has 1 N–H and O–H groups in total. The molecule has 0 saturated carbocycles. The summed E-state index contributed by atoms with van der Waals surface area (Å²) in [4.78, 5) is 30.8. The number of nitrogens with zero attached hydrogens (tertiary/aromatic N) is 3. The van der Waals surface area contributed by atoms with Crippen molar-refractivity contribution >= 4 is 11.9 Å². The van der Waals surface area contributed by atoms with Gasteiger partial charge in [-0.25, -0.2) is 9.78 Å². The number of carboxylic acids is 1. The highest BCUT2D eigenvalue weighted by molar-refractivity contribution is 5.96. The third-order valence-electron chi connectivity index (χ3n) is 2.99. The molecule has 1 heterocycles. The van der Waals surface area contributed by atoms with Crippen molar-refractivity contribution in [2.45, 2.75) is 19.9 Å². The van der Waals surface area contributed by atoms with E-state index in [0.717, 1.165) is 6.54 Å². The van der Waals surface area contributed by atoms with Crippen LogP contribution < -0.4 is 0 Å². The minimum Gasteiger partial charge on any atom is -0.477 e. The third-order valence-corrected chi connectivity index (χ3v) is 2.99. The van der Waals surface area contributed by atoms with Gasteiger partial charge >= 0.3 is 5.97 Å². The van der Waals surface area contributed by atoms with Crippen LogP contribution in [0.1, 0.15) is 34.7 Å². The van der Waals surface area contributed by atoms with Crippen LogP contribution in [-0.2, 0) is 0 Å². The average molecular weight is 279 g/mol. The van der Waals surface area contributed by atoms with Crippen LogP contribution in [0.4, 0.5) is 0 Å². The topological polar surface area (TPSA) is 73.7 Å². The number of aromatic carboxylic acids is 1. The van der Waals surface area contributed by atoms with E-state index in [-0.39, 0.29) is 17.6 Å². The number of carbonyl (C=O) groups is 2. The zero-order valence-electron chi connectivity index (χ0n) is 12.3. The molecular weight excluding hydrogens is 258 g/mol. The zero-order valence-corrected chi connectivity index (χ0v) is 12.3. The molecule has 0 spiro atoms. The SMILES string of the molecule is CCN(C(=O)c1ccnc(C(=O)O)c1)C(C)CN(C)C. The van der Waals surface area contributed by atoms with Crippen LogP contribution in [0.25, 0.3) is 0 Å². The van der Waals surface area contributed by atoms with Crippen molar-refractivity contribution in [1.82, 2.24) is 14.8 Å². The van der Waals surface area contributed by atoms with Crippen LogP contribution >= 0.6 is 0 Å². The zero-order chi connectivity index (χ0) is 15.3.